The Kier molecular flexibility index (Phi) is 4.84. The summed E-state index contributed by atoms with van der Waals surface area (Å²) in [4.78, 5) is -0.0523. The molecule has 1 unspecified atom stereocenters. The minimum absolute atomic E-state index is 0.0523. The van der Waals surface area contributed by atoms with E-state index in [1.165, 1.54) is 11.2 Å². The highest BCUT2D eigenvalue weighted by molar-refractivity contribution is 7.89. The Morgan fingerprint density at radius 3 is 2.59 bits per heavy atom. The molecule has 1 aromatic carbocycles. The fourth-order valence-corrected chi connectivity index (χ4v) is 4.71. The molecule has 1 atom stereocenters. The molecule has 1 N–H and O–H groups in total. The van der Waals surface area contributed by atoms with Crippen LogP contribution in [0.25, 0.3) is 0 Å². The second-order valence-corrected chi connectivity index (χ2v) is 7.31. The summed E-state index contributed by atoms with van der Waals surface area (Å²) < 4.78 is 64.9. The van der Waals surface area contributed by atoms with Crippen molar-refractivity contribution in [3.05, 3.63) is 29.3 Å². The van der Waals surface area contributed by atoms with Crippen LogP contribution < -0.4 is 5.32 Å². The van der Waals surface area contributed by atoms with Crippen molar-refractivity contribution in [2.24, 2.45) is 0 Å². The van der Waals surface area contributed by atoms with Gasteiger partial charge in [-0.25, -0.2) is 8.42 Å². The van der Waals surface area contributed by atoms with Crippen LogP contribution in [0, 0.1) is 6.92 Å². The SMILES string of the molecule is CNCC1CCCN1S(=O)(=O)c1ccc(C(F)(F)F)cc1C. The van der Waals surface area contributed by atoms with Crippen LogP contribution in [0.4, 0.5) is 13.2 Å². The van der Waals surface area contributed by atoms with Gasteiger partial charge in [0, 0.05) is 19.1 Å². The largest absolute Gasteiger partial charge is 0.416 e. The molecule has 1 saturated heterocycles. The molecule has 1 heterocycles. The zero-order valence-corrected chi connectivity index (χ0v) is 13.3. The molecule has 0 aliphatic carbocycles. The Labute approximate surface area is 128 Å². The number of sulfonamides is 1. The number of alkyl halides is 3. The average Bonchev–Trinajstić information content (AvgIpc) is 2.86. The smallest absolute Gasteiger partial charge is 0.318 e. The lowest BCUT2D eigenvalue weighted by Crippen LogP contribution is -2.41. The second-order valence-electron chi connectivity index (χ2n) is 5.45. The van der Waals surface area contributed by atoms with Crippen molar-refractivity contribution in [3.63, 3.8) is 0 Å². The summed E-state index contributed by atoms with van der Waals surface area (Å²) in [5, 5.41) is 2.95. The molecule has 0 amide bonds. The molecular weight excluding hydrogens is 317 g/mol. The molecular formula is C14H19F3N2O2S. The summed E-state index contributed by atoms with van der Waals surface area (Å²) in [7, 11) is -2.03. The van der Waals surface area contributed by atoms with E-state index in [9.17, 15) is 21.6 Å². The molecule has 0 spiro atoms. The molecule has 4 nitrogen and oxygen atoms in total. The van der Waals surface area contributed by atoms with Crippen LogP contribution in [0.5, 0.6) is 0 Å². The van der Waals surface area contributed by atoms with Gasteiger partial charge in [0.25, 0.3) is 0 Å². The lowest BCUT2D eigenvalue weighted by Gasteiger charge is -2.25. The van der Waals surface area contributed by atoms with Crippen LogP contribution in [0.1, 0.15) is 24.0 Å². The molecule has 0 aromatic heterocycles. The number of likely N-dealkylation sites (N-methyl/N-ethyl adjacent to an activating group) is 1. The van der Waals surface area contributed by atoms with E-state index in [0.29, 0.717) is 13.1 Å². The molecule has 22 heavy (non-hydrogen) atoms. The fraction of sp³-hybridized carbons (Fsp3) is 0.571. The van der Waals surface area contributed by atoms with E-state index in [0.717, 1.165) is 31.0 Å². The van der Waals surface area contributed by atoms with Crippen molar-refractivity contribution in [3.8, 4) is 0 Å². The second kappa shape index (κ2) is 6.17. The van der Waals surface area contributed by atoms with Gasteiger partial charge in [-0.1, -0.05) is 0 Å². The molecule has 2 rings (SSSR count). The van der Waals surface area contributed by atoms with Gasteiger partial charge in [-0.15, -0.1) is 0 Å². The Morgan fingerprint density at radius 2 is 2.05 bits per heavy atom. The van der Waals surface area contributed by atoms with Gasteiger partial charge in [0.15, 0.2) is 0 Å². The van der Waals surface area contributed by atoms with Gasteiger partial charge in [0.1, 0.15) is 0 Å². The zero-order chi connectivity index (χ0) is 16.5. The third kappa shape index (κ3) is 3.28. The monoisotopic (exact) mass is 336 g/mol. The maximum atomic E-state index is 12.7. The molecule has 8 heteroatoms. The summed E-state index contributed by atoms with van der Waals surface area (Å²) >= 11 is 0. The Bertz CT molecular complexity index is 644. The van der Waals surface area contributed by atoms with Crippen LogP contribution in [-0.2, 0) is 16.2 Å². The summed E-state index contributed by atoms with van der Waals surface area (Å²) in [6, 6.07) is 2.61. The van der Waals surface area contributed by atoms with Gasteiger partial charge < -0.3 is 5.32 Å². The van der Waals surface area contributed by atoms with E-state index in [2.05, 4.69) is 5.32 Å². The van der Waals surface area contributed by atoms with Crippen LogP contribution in [0.3, 0.4) is 0 Å². The first kappa shape index (κ1) is 17.2. The van der Waals surface area contributed by atoms with Crippen molar-refractivity contribution in [2.75, 3.05) is 20.1 Å². The van der Waals surface area contributed by atoms with Crippen molar-refractivity contribution < 1.29 is 21.6 Å². The van der Waals surface area contributed by atoms with E-state index in [4.69, 9.17) is 0 Å². The Balaban J connectivity index is 2.38. The molecule has 1 aliphatic rings. The van der Waals surface area contributed by atoms with E-state index in [-0.39, 0.29) is 16.5 Å². The number of nitrogens with one attached hydrogen (secondary N) is 1. The first-order valence-corrected chi connectivity index (χ1v) is 8.46. The topological polar surface area (TPSA) is 49.4 Å². The lowest BCUT2D eigenvalue weighted by atomic mass is 10.1. The van der Waals surface area contributed by atoms with E-state index < -0.39 is 21.8 Å². The Hall–Kier alpha value is -1.12. The van der Waals surface area contributed by atoms with E-state index in [1.54, 1.807) is 7.05 Å². The summed E-state index contributed by atoms with van der Waals surface area (Å²) in [6.45, 7) is 2.32. The molecule has 124 valence electrons. The zero-order valence-electron chi connectivity index (χ0n) is 12.4. The maximum absolute atomic E-state index is 12.7. The first-order chi connectivity index (χ1) is 10.2. The lowest BCUT2D eigenvalue weighted by molar-refractivity contribution is -0.137. The summed E-state index contributed by atoms with van der Waals surface area (Å²) in [5.41, 5.74) is -0.720. The minimum atomic E-state index is -4.48. The van der Waals surface area contributed by atoms with Gasteiger partial charge in [0.05, 0.1) is 10.5 Å². The molecule has 1 aliphatic heterocycles. The van der Waals surface area contributed by atoms with Crippen LogP contribution >= 0.6 is 0 Å². The van der Waals surface area contributed by atoms with Crippen molar-refractivity contribution in [1.29, 1.82) is 0 Å². The average molecular weight is 336 g/mol. The van der Waals surface area contributed by atoms with Gasteiger partial charge >= 0.3 is 6.18 Å². The van der Waals surface area contributed by atoms with E-state index >= 15 is 0 Å². The maximum Gasteiger partial charge on any atom is 0.416 e. The Morgan fingerprint density at radius 1 is 1.36 bits per heavy atom. The van der Waals surface area contributed by atoms with Crippen molar-refractivity contribution >= 4 is 10.0 Å². The number of rotatable bonds is 4. The minimum Gasteiger partial charge on any atom is -0.318 e. The molecule has 1 fully saturated rings. The number of aryl methyl sites for hydroxylation is 1. The highest BCUT2D eigenvalue weighted by atomic mass is 32.2. The fourth-order valence-electron chi connectivity index (χ4n) is 2.81. The van der Waals surface area contributed by atoms with Gasteiger partial charge in [0.2, 0.25) is 10.0 Å². The highest BCUT2D eigenvalue weighted by Gasteiger charge is 2.37. The molecule has 1 aromatic rings. The van der Waals surface area contributed by atoms with Gasteiger partial charge in [-0.3, -0.25) is 0 Å². The van der Waals surface area contributed by atoms with Crippen LogP contribution in [0.15, 0.2) is 23.1 Å². The quantitative estimate of drug-likeness (QED) is 0.918. The standard InChI is InChI=1S/C14H19F3N2O2S/c1-10-8-11(14(15,16)17)5-6-13(10)22(20,21)19-7-3-4-12(19)9-18-2/h5-6,8,12,18H,3-4,7,9H2,1-2H3. The first-order valence-electron chi connectivity index (χ1n) is 7.02. The molecule has 0 saturated carbocycles. The summed E-state index contributed by atoms with van der Waals surface area (Å²) in [6.07, 6.45) is -2.97. The third-order valence-electron chi connectivity index (χ3n) is 3.85. The third-order valence-corrected chi connectivity index (χ3v) is 5.96. The molecule has 0 bridgehead atoms. The highest BCUT2D eigenvalue weighted by Crippen LogP contribution is 2.33. The molecule has 0 radical (unpaired) electrons. The predicted octanol–water partition coefficient (Wildman–Crippen LogP) is 2.39. The summed E-state index contributed by atoms with van der Waals surface area (Å²) in [5.74, 6) is 0. The van der Waals surface area contributed by atoms with Gasteiger partial charge in [-0.05, 0) is 50.6 Å². The predicted molar refractivity (Wildman–Crippen MR) is 77.0 cm³/mol. The van der Waals surface area contributed by atoms with Crippen molar-refractivity contribution in [2.45, 2.75) is 36.9 Å². The van der Waals surface area contributed by atoms with Crippen molar-refractivity contribution in [1.82, 2.24) is 9.62 Å². The van der Waals surface area contributed by atoms with Crippen LogP contribution in [-0.4, -0.2) is 38.9 Å². The van der Waals surface area contributed by atoms with Crippen LogP contribution in [0.2, 0.25) is 0 Å². The van der Waals surface area contributed by atoms with Gasteiger partial charge in [-0.2, -0.15) is 17.5 Å². The number of benzene rings is 1. The number of hydrogen-bond donors (Lipinski definition) is 1. The van der Waals surface area contributed by atoms with E-state index in [1.807, 2.05) is 0 Å². The number of hydrogen-bond acceptors (Lipinski definition) is 3. The number of nitrogens with zero attached hydrogens (tertiary/aromatic N) is 1. The number of halogens is 3. The normalized spacial score (nSPS) is 20.5.